The van der Waals surface area contributed by atoms with E-state index in [-0.39, 0.29) is 11.8 Å². The molecule has 0 saturated heterocycles. The van der Waals surface area contributed by atoms with Crippen molar-refractivity contribution >= 4 is 27.7 Å². The van der Waals surface area contributed by atoms with Crippen LogP contribution in [0.2, 0.25) is 0 Å². The minimum absolute atomic E-state index is 0.319. The summed E-state index contributed by atoms with van der Waals surface area (Å²) in [5.74, 6) is -0.674. The van der Waals surface area contributed by atoms with Crippen LogP contribution in [0, 0.1) is 0 Å². The van der Waals surface area contributed by atoms with E-state index in [0.29, 0.717) is 23.3 Å². The Bertz CT molecular complexity index is 338. The average molecular weight is 243 g/mol. The number of halogens is 1. The van der Waals surface area contributed by atoms with Gasteiger partial charge in [-0.3, -0.25) is 14.9 Å². The lowest BCUT2D eigenvalue weighted by molar-refractivity contribution is -0.124. The fourth-order valence-electron chi connectivity index (χ4n) is 1.37. The van der Waals surface area contributed by atoms with Gasteiger partial charge in [0.1, 0.15) is 10.2 Å². The summed E-state index contributed by atoms with van der Waals surface area (Å²) in [5, 5.41) is 2.23. The normalized spacial score (nSPS) is 21.8. The first-order valence-electron chi connectivity index (χ1n) is 3.85. The molecule has 5 heteroatoms. The highest BCUT2D eigenvalue weighted by Crippen LogP contribution is 2.23. The smallest absolute Gasteiger partial charge is 0.275 e. The monoisotopic (exact) mass is 242 g/mol. The molecule has 13 heavy (non-hydrogen) atoms. The van der Waals surface area contributed by atoms with Crippen molar-refractivity contribution in [1.82, 2.24) is 10.2 Å². The molecule has 1 N–H and O–H groups in total. The van der Waals surface area contributed by atoms with Gasteiger partial charge in [0, 0.05) is 13.1 Å². The summed E-state index contributed by atoms with van der Waals surface area (Å²) in [5.41, 5.74) is 0.440. The molecule has 0 aromatic heterocycles. The number of hydrogen-bond donors (Lipinski definition) is 1. The van der Waals surface area contributed by atoms with Gasteiger partial charge in [-0.1, -0.05) is 12.2 Å². The van der Waals surface area contributed by atoms with Crippen LogP contribution < -0.4 is 5.32 Å². The lowest BCUT2D eigenvalue weighted by Crippen LogP contribution is -2.29. The highest BCUT2D eigenvalue weighted by Gasteiger charge is 2.32. The zero-order valence-corrected chi connectivity index (χ0v) is 8.30. The molecule has 0 atom stereocenters. The summed E-state index contributed by atoms with van der Waals surface area (Å²) in [6, 6.07) is 0. The van der Waals surface area contributed by atoms with Gasteiger partial charge in [0.15, 0.2) is 0 Å². The quantitative estimate of drug-likeness (QED) is 0.525. The summed E-state index contributed by atoms with van der Waals surface area (Å²) >= 11 is 3.10. The third-order valence-corrected chi connectivity index (χ3v) is 2.72. The van der Waals surface area contributed by atoms with Crippen LogP contribution in [0.25, 0.3) is 0 Å². The number of carbonyl (C=O) groups is 2. The highest BCUT2D eigenvalue weighted by atomic mass is 79.9. The van der Waals surface area contributed by atoms with E-state index in [4.69, 9.17) is 0 Å². The van der Waals surface area contributed by atoms with Crippen molar-refractivity contribution in [3.05, 3.63) is 22.3 Å². The summed E-state index contributed by atoms with van der Waals surface area (Å²) in [7, 11) is 0. The molecule has 0 fully saturated rings. The molecule has 2 rings (SSSR count). The van der Waals surface area contributed by atoms with Gasteiger partial charge in [-0.05, 0) is 15.9 Å². The summed E-state index contributed by atoms with van der Waals surface area (Å²) < 4.78 is 0.334. The lowest BCUT2D eigenvalue weighted by atomic mass is 10.4. The second-order valence-electron chi connectivity index (χ2n) is 2.82. The standard InChI is InChI=1S/C8H7BrN2O2/c9-5-6(8(13)10-7(5)12)11-3-1-2-4-11/h1-2H,3-4H2,(H,10,12,13). The Balaban J connectivity index is 2.30. The molecular weight excluding hydrogens is 236 g/mol. The van der Waals surface area contributed by atoms with E-state index >= 15 is 0 Å². The molecule has 0 aromatic carbocycles. The Kier molecular flexibility index (Phi) is 1.95. The van der Waals surface area contributed by atoms with Gasteiger partial charge < -0.3 is 4.90 Å². The maximum Gasteiger partial charge on any atom is 0.275 e. The first-order valence-corrected chi connectivity index (χ1v) is 4.65. The molecule has 2 amide bonds. The molecule has 0 aliphatic carbocycles. The number of hydrogen-bond acceptors (Lipinski definition) is 3. The zero-order valence-electron chi connectivity index (χ0n) is 6.71. The maximum atomic E-state index is 11.3. The van der Waals surface area contributed by atoms with Crippen LogP contribution in [0.5, 0.6) is 0 Å². The van der Waals surface area contributed by atoms with Crippen LogP contribution in [-0.2, 0) is 9.59 Å². The van der Waals surface area contributed by atoms with Crippen molar-refractivity contribution in [2.75, 3.05) is 13.1 Å². The van der Waals surface area contributed by atoms with E-state index in [1.807, 2.05) is 17.1 Å². The van der Waals surface area contributed by atoms with Crippen LogP contribution in [0.3, 0.4) is 0 Å². The fraction of sp³-hybridized carbons (Fsp3) is 0.250. The van der Waals surface area contributed by atoms with Gasteiger partial charge in [0.05, 0.1) is 0 Å². The first kappa shape index (κ1) is 8.50. The molecule has 2 aliphatic heterocycles. The lowest BCUT2D eigenvalue weighted by Gasteiger charge is -2.16. The van der Waals surface area contributed by atoms with Crippen LogP contribution in [0.1, 0.15) is 0 Å². The molecule has 0 saturated carbocycles. The van der Waals surface area contributed by atoms with Crippen LogP contribution >= 0.6 is 15.9 Å². The van der Waals surface area contributed by atoms with Crippen molar-refractivity contribution in [2.24, 2.45) is 0 Å². The second-order valence-corrected chi connectivity index (χ2v) is 3.62. The van der Waals surface area contributed by atoms with Crippen molar-refractivity contribution in [3.63, 3.8) is 0 Å². The topological polar surface area (TPSA) is 49.4 Å². The van der Waals surface area contributed by atoms with Crippen molar-refractivity contribution in [3.8, 4) is 0 Å². The number of nitrogens with zero attached hydrogens (tertiary/aromatic N) is 1. The zero-order chi connectivity index (χ0) is 9.42. The number of imide groups is 1. The number of carbonyl (C=O) groups excluding carboxylic acids is 2. The molecule has 0 aromatic rings. The number of rotatable bonds is 1. The van der Waals surface area contributed by atoms with Crippen molar-refractivity contribution in [1.29, 1.82) is 0 Å². The Morgan fingerprint density at radius 2 is 1.85 bits per heavy atom. The molecule has 2 aliphatic rings. The maximum absolute atomic E-state index is 11.3. The predicted molar refractivity (Wildman–Crippen MR) is 49.8 cm³/mol. The first-order chi connectivity index (χ1) is 6.20. The van der Waals surface area contributed by atoms with Gasteiger partial charge in [0.2, 0.25) is 0 Å². The summed E-state index contributed by atoms with van der Waals surface area (Å²) in [6.07, 6.45) is 3.92. The highest BCUT2D eigenvalue weighted by molar-refractivity contribution is 9.12. The van der Waals surface area contributed by atoms with Crippen LogP contribution in [0.15, 0.2) is 22.3 Å². The van der Waals surface area contributed by atoms with Gasteiger partial charge in [0.25, 0.3) is 11.8 Å². The van der Waals surface area contributed by atoms with E-state index in [0.717, 1.165) is 0 Å². The van der Waals surface area contributed by atoms with Crippen molar-refractivity contribution in [2.45, 2.75) is 0 Å². The fourth-order valence-corrected chi connectivity index (χ4v) is 1.90. The van der Waals surface area contributed by atoms with E-state index < -0.39 is 0 Å². The average Bonchev–Trinajstić information content (AvgIpc) is 2.63. The van der Waals surface area contributed by atoms with E-state index in [1.54, 1.807) is 0 Å². The van der Waals surface area contributed by atoms with Gasteiger partial charge in [-0.15, -0.1) is 0 Å². The molecule has 0 radical (unpaired) electrons. The number of nitrogens with one attached hydrogen (secondary N) is 1. The number of amides is 2. The largest absolute Gasteiger partial charge is 0.359 e. The van der Waals surface area contributed by atoms with E-state index in [2.05, 4.69) is 21.2 Å². The van der Waals surface area contributed by atoms with Gasteiger partial charge in [-0.2, -0.15) is 0 Å². The van der Waals surface area contributed by atoms with Crippen LogP contribution in [-0.4, -0.2) is 29.8 Å². The third kappa shape index (κ3) is 1.29. The van der Waals surface area contributed by atoms with E-state index in [9.17, 15) is 9.59 Å². The minimum atomic E-state index is -0.355. The predicted octanol–water partition coefficient (Wildman–Crippen LogP) is 0.121. The molecule has 0 spiro atoms. The third-order valence-electron chi connectivity index (χ3n) is 1.98. The molecule has 2 heterocycles. The minimum Gasteiger partial charge on any atom is -0.359 e. The SMILES string of the molecule is O=C1NC(=O)C(N2CC=CC2)=C1Br. The molecule has 68 valence electrons. The second kappa shape index (κ2) is 2.99. The van der Waals surface area contributed by atoms with Gasteiger partial charge in [-0.25, -0.2) is 0 Å². The van der Waals surface area contributed by atoms with Crippen molar-refractivity contribution < 1.29 is 9.59 Å². The Labute approximate surface area is 83.4 Å². The van der Waals surface area contributed by atoms with E-state index in [1.165, 1.54) is 0 Å². The molecular formula is C8H7BrN2O2. The Morgan fingerprint density at radius 1 is 1.23 bits per heavy atom. The van der Waals surface area contributed by atoms with Crippen LogP contribution in [0.4, 0.5) is 0 Å². The molecule has 0 unspecified atom stereocenters. The molecule has 0 bridgehead atoms. The Morgan fingerprint density at radius 3 is 2.31 bits per heavy atom. The van der Waals surface area contributed by atoms with Gasteiger partial charge >= 0.3 is 0 Å². The summed E-state index contributed by atoms with van der Waals surface area (Å²) in [6.45, 7) is 1.37. The summed E-state index contributed by atoms with van der Waals surface area (Å²) in [4.78, 5) is 24.2. The Hall–Kier alpha value is -1.10. The molecule has 4 nitrogen and oxygen atoms in total.